The quantitative estimate of drug-likeness (QED) is 0.764. The van der Waals surface area contributed by atoms with Crippen LogP contribution < -0.4 is 5.32 Å². The molecule has 0 aliphatic heterocycles. The highest BCUT2D eigenvalue weighted by Gasteiger charge is 2.20. The van der Waals surface area contributed by atoms with Crippen molar-refractivity contribution < 1.29 is 23.9 Å². The highest BCUT2D eigenvalue weighted by atomic mass is 19.1. The minimum Gasteiger partial charge on any atom is -0.480 e. The van der Waals surface area contributed by atoms with Crippen molar-refractivity contribution in [1.29, 1.82) is 0 Å². The molecule has 0 saturated carbocycles. The van der Waals surface area contributed by atoms with Gasteiger partial charge in [-0.2, -0.15) is 0 Å². The van der Waals surface area contributed by atoms with Gasteiger partial charge < -0.3 is 10.4 Å². The van der Waals surface area contributed by atoms with Gasteiger partial charge in [-0.25, -0.2) is 9.18 Å². The summed E-state index contributed by atoms with van der Waals surface area (Å²) in [4.78, 5) is 34.0. The third-order valence-corrected chi connectivity index (χ3v) is 2.99. The first kappa shape index (κ1) is 16.8. The van der Waals surface area contributed by atoms with Crippen LogP contribution in [0.4, 0.5) is 4.39 Å². The SMILES string of the molecule is CCC(=O)CC[C@H](NC(=O)Cc1cccc(F)c1)C(=O)O. The van der Waals surface area contributed by atoms with E-state index < -0.39 is 23.7 Å². The first-order valence-electron chi connectivity index (χ1n) is 6.70. The summed E-state index contributed by atoms with van der Waals surface area (Å²) in [7, 11) is 0. The van der Waals surface area contributed by atoms with Gasteiger partial charge in [0.05, 0.1) is 6.42 Å². The lowest BCUT2D eigenvalue weighted by molar-refractivity contribution is -0.142. The van der Waals surface area contributed by atoms with Gasteiger partial charge in [-0.3, -0.25) is 9.59 Å². The highest BCUT2D eigenvalue weighted by Crippen LogP contribution is 2.06. The van der Waals surface area contributed by atoms with Crippen LogP contribution in [0.3, 0.4) is 0 Å². The molecule has 0 spiro atoms. The minimum absolute atomic E-state index is 0.0525. The summed E-state index contributed by atoms with van der Waals surface area (Å²) in [5.74, 6) is -2.22. The molecular weight excluding hydrogens is 277 g/mol. The van der Waals surface area contributed by atoms with Gasteiger partial charge in [-0.05, 0) is 24.1 Å². The number of carbonyl (C=O) groups excluding carboxylic acids is 2. The minimum atomic E-state index is -1.19. The van der Waals surface area contributed by atoms with Crippen LogP contribution in [0.25, 0.3) is 0 Å². The zero-order valence-corrected chi connectivity index (χ0v) is 11.8. The molecular formula is C15H18FNO4. The van der Waals surface area contributed by atoms with E-state index in [1.807, 2.05) is 0 Å². The Morgan fingerprint density at radius 2 is 2.05 bits per heavy atom. The number of amides is 1. The second kappa shape index (κ2) is 8.14. The number of carbonyl (C=O) groups is 3. The molecule has 0 unspecified atom stereocenters. The Balaban J connectivity index is 2.56. The number of benzene rings is 1. The lowest BCUT2D eigenvalue weighted by Gasteiger charge is -2.14. The van der Waals surface area contributed by atoms with Gasteiger partial charge in [0.2, 0.25) is 5.91 Å². The normalized spacial score (nSPS) is 11.7. The largest absolute Gasteiger partial charge is 0.480 e. The summed E-state index contributed by atoms with van der Waals surface area (Å²) in [5, 5.41) is 11.4. The molecule has 1 rings (SSSR count). The number of hydrogen-bond acceptors (Lipinski definition) is 3. The van der Waals surface area contributed by atoms with Crippen LogP contribution in [0, 0.1) is 5.82 Å². The van der Waals surface area contributed by atoms with Crippen LogP contribution in [-0.4, -0.2) is 28.8 Å². The predicted molar refractivity (Wildman–Crippen MR) is 74.2 cm³/mol. The van der Waals surface area contributed by atoms with E-state index in [1.54, 1.807) is 13.0 Å². The van der Waals surface area contributed by atoms with Gasteiger partial charge >= 0.3 is 5.97 Å². The third kappa shape index (κ3) is 6.16. The van der Waals surface area contributed by atoms with E-state index in [9.17, 15) is 18.8 Å². The van der Waals surface area contributed by atoms with Crippen molar-refractivity contribution in [3.05, 3.63) is 35.6 Å². The molecule has 5 nitrogen and oxygen atoms in total. The smallest absolute Gasteiger partial charge is 0.326 e. The Morgan fingerprint density at radius 3 is 2.62 bits per heavy atom. The Labute approximate surface area is 122 Å². The highest BCUT2D eigenvalue weighted by molar-refractivity contribution is 5.85. The number of nitrogens with one attached hydrogen (secondary N) is 1. The molecule has 0 radical (unpaired) electrons. The van der Waals surface area contributed by atoms with Crippen LogP contribution in [0.2, 0.25) is 0 Å². The third-order valence-electron chi connectivity index (χ3n) is 2.99. The van der Waals surface area contributed by atoms with Gasteiger partial charge in [0, 0.05) is 12.8 Å². The van der Waals surface area contributed by atoms with E-state index in [2.05, 4.69) is 5.32 Å². The second-order valence-electron chi connectivity index (χ2n) is 4.70. The zero-order chi connectivity index (χ0) is 15.8. The number of Topliss-reactive ketones (excluding diaryl/α,β-unsaturated/α-hetero) is 1. The molecule has 6 heteroatoms. The first-order valence-corrected chi connectivity index (χ1v) is 6.70. The molecule has 1 aromatic carbocycles. The molecule has 21 heavy (non-hydrogen) atoms. The van der Waals surface area contributed by atoms with Gasteiger partial charge in [0.25, 0.3) is 0 Å². The molecule has 0 bridgehead atoms. The molecule has 0 fully saturated rings. The van der Waals surface area contributed by atoms with Crippen molar-refractivity contribution >= 4 is 17.7 Å². The van der Waals surface area contributed by atoms with Crippen LogP contribution in [0.1, 0.15) is 31.7 Å². The zero-order valence-electron chi connectivity index (χ0n) is 11.8. The monoisotopic (exact) mass is 295 g/mol. The number of rotatable bonds is 8. The van der Waals surface area contributed by atoms with Crippen molar-refractivity contribution in [3.8, 4) is 0 Å². The van der Waals surface area contributed by atoms with Crippen molar-refractivity contribution in [1.82, 2.24) is 5.32 Å². The van der Waals surface area contributed by atoms with E-state index in [0.29, 0.717) is 12.0 Å². The molecule has 1 aromatic rings. The van der Waals surface area contributed by atoms with Gasteiger partial charge in [0.1, 0.15) is 17.6 Å². The van der Waals surface area contributed by atoms with Gasteiger partial charge in [-0.15, -0.1) is 0 Å². The number of aliphatic carboxylic acids is 1. The van der Waals surface area contributed by atoms with Gasteiger partial charge in [-0.1, -0.05) is 19.1 Å². The molecule has 114 valence electrons. The molecule has 0 aliphatic carbocycles. The molecule has 2 N–H and O–H groups in total. The van der Waals surface area contributed by atoms with Crippen molar-refractivity contribution in [2.75, 3.05) is 0 Å². The fourth-order valence-corrected chi connectivity index (χ4v) is 1.82. The van der Waals surface area contributed by atoms with Crippen molar-refractivity contribution in [2.45, 2.75) is 38.6 Å². The maximum Gasteiger partial charge on any atom is 0.326 e. The van der Waals surface area contributed by atoms with Crippen molar-refractivity contribution in [3.63, 3.8) is 0 Å². The number of carboxylic acid groups (broad SMARTS) is 1. The summed E-state index contributed by atoms with van der Waals surface area (Å²) in [6, 6.07) is 4.43. The average molecular weight is 295 g/mol. The molecule has 0 heterocycles. The molecule has 1 amide bonds. The standard InChI is InChI=1S/C15H18FNO4/c1-2-12(18)6-7-13(15(20)21)17-14(19)9-10-4-3-5-11(16)8-10/h3-5,8,13H,2,6-7,9H2,1H3,(H,17,19)(H,20,21)/t13-/m0/s1. The van der Waals surface area contributed by atoms with E-state index in [4.69, 9.17) is 5.11 Å². The Bertz CT molecular complexity index is 530. The van der Waals surface area contributed by atoms with Crippen LogP contribution in [-0.2, 0) is 20.8 Å². The van der Waals surface area contributed by atoms with Gasteiger partial charge in [0.15, 0.2) is 0 Å². The summed E-state index contributed by atoms with van der Waals surface area (Å²) in [6.45, 7) is 1.70. The molecule has 0 aromatic heterocycles. The first-order chi connectivity index (χ1) is 9.92. The summed E-state index contributed by atoms with van der Waals surface area (Å²) < 4.78 is 13.0. The summed E-state index contributed by atoms with van der Waals surface area (Å²) >= 11 is 0. The summed E-state index contributed by atoms with van der Waals surface area (Å²) in [5.41, 5.74) is 0.460. The maximum absolute atomic E-state index is 13.0. The number of hydrogen-bond donors (Lipinski definition) is 2. The molecule has 0 saturated heterocycles. The Hall–Kier alpha value is -2.24. The Kier molecular flexibility index (Phi) is 6.52. The number of halogens is 1. The lowest BCUT2D eigenvalue weighted by atomic mass is 10.1. The fraction of sp³-hybridized carbons (Fsp3) is 0.400. The number of carboxylic acids is 1. The van der Waals surface area contributed by atoms with E-state index in [-0.39, 0.29) is 25.0 Å². The fourth-order valence-electron chi connectivity index (χ4n) is 1.82. The van der Waals surface area contributed by atoms with Crippen LogP contribution in [0.5, 0.6) is 0 Å². The van der Waals surface area contributed by atoms with E-state index in [1.165, 1.54) is 18.2 Å². The lowest BCUT2D eigenvalue weighted by Crippen LogP contribution is -2.41. The van der Waals surface area contributed by atoms with Crippen LogP contribution in [0.15, 0.2) is 24.3 Å². The Morgan fingerprint density at radius 1 is 1.33 bits per heavy atom. The topological polar surface area (TPSA) is 83.5 Å². The maximum atomic E-state index is 13.0. The van der Waals surface area contributed by atoms with E-state index >= 15 is 0 Å². The van der Waals surface area contributed by atoms with Crippen molar-refractivity contribution in [2.24, 2.45) is 0 Å². The van der Waals surface area contributed by atoms with Crippen LogP contribution >= 0.6 is 0 Å². The predicted octanol–water partition coefficient (Wildman–Crippen LogP) is 1.70. The molecule has 0 aliphatic rings. The average Bonchev–Trinajstić information content (AvgIpc) is 2.42. The second-order valence-corrected chi connectivity index (χ2v) is 4.70. The number of ketones is 1. The molecule has 1 atom stereocenters. The summed E-state index contributed by atoms with van der Waals surface area (Å²) in [6.07, 6.45) is 0.386. The van der Waals surface area contributed by atoms with E-state index in [0.717, 1.165) is 0 Å².